The molecular weight excluding hydrogens is 466 g/mol. The number of non-ortho nitro benzene ring substituents is 1. The molecule has 5 rings (SSSR count). The molecule has 0 spiro atoms. The summed E-state index contributed by atoms with van der Waals surface area (Å²) in [7, 11) is 0. The summed E-state index contributed by atoms with van der Waals surface area (Å²) in [6, 6.07) is 19.2. The molecular formula is C25H19N5O4S. The van der Waals surface area contributed by atoms with E-state index < -0.39 is 4.92 Å². The quantitative estimate of drug-likeness (QED) is 0.138. The lowest BCUT2D eigenvalue weighted by Crippen LogP contribution is -2.22. The van der Waals surface area contributed by atoms with Gasteiger partial charge in [0.05, 0.1) is 27.3 Å². The summed E-state index contributed by atoms with van der Waals surface area (Å²) in [6.07, 6.45) is 0. The summed E-state index contributed by atoms with van der Waals surface area (Å²) < 4.78 is 6.98. The van der Waals surface area contributed by atoms with Gasteiger partial charge in [0.15, 0.2) is 5.16 Å². The standard InChI is InChI=1S/C25H19N5O4S/c1-15-10-16(2)12-19(11-15)29-24(31)20-8-3-4-9-21(20)26-25(29)35-14-22-27-23(28-34-22)17-6-5-7-18(13-17)30(32)33/h3-13H,14H2,1-2H3. The average molecular weight is 486 g/mol. The Balaban J connectivity index is 1.51. The zero-order valence-corrected chi connectivity index (χ0v) is 19.7. The Labute approximate surface area is 203 Å². The topological polar surface area (TPSA) is 117 Å². The molecule has 10 heteroatoms. The normalized spacial score (nSPS) is 11.1. The molecule has 174 valence electrons. The van der Waals surface area contributed by atoms with Gasteiger partial charge in [-0.2, -0.15) is 4.98 Å². The largest absolute Gasteiger partial charge is 0.338 e. The van der Waals surface area contributed by atoms with Gasteiger partial charge in [-0.25, -0.2) is 4.98 Å². The number of aromatic nitrogens is 4. The average Bonchev–Trinajstić information content (AvgIpc) is 3.31. The summed E-state index contributed by atoms with van der Waals surface area (Å²) in [5, 5.41) is 16.0. The van der Waals surface area contributed by atoms with Crippen LogP contribution in [0.15, 0.2) is 81.2 Å². The van der Waals surface area contributed by atoms with E-state index in [1.807, 2.05) is 44.2 Å². The predicted molar refractivity (Wildman–Crippen MR) is 133 cm³/mol. The summed E-state index contributed by atoms with van der Waals surface area (Å²) in [6.45, 7) is 3.97. The number of fused-ring (bicyclic) bond motifs is 1. The zero-order chi connectivity index (χ0) is 24.5. The molecule has 0 aliphatic carbocycles. The Kier molecular flexibility index (Phi) is 5.87. The maximum absolute atomic E-state index is 13.5. The summed E-state index contributed by atoms with van der Waals surface area (Å²) in [5.41, 5.74) is 3.67. The molecule has 2 aromatic heterocycles. The first-order chi connectivity index (χ1) is 16.9. The van der Waals surface area contributed by atoms with Crippen molar-refractivity contribution >= 4 is 28.4 Å². The first-order valence-corrected chi connectivity index (χ1v) is 11.7. The van der Waals surface area contributed by atoms with E-state index in [1.165, 1.54) is 23.9 Å². The molecule has 9 nitrogen and oxygen atoms in total. The van der Waals surface area contributed by atoms with Crippen LogP contribution in [0, 0.1) is 24.0 Å². The molecule has 35 heavy (non-hydrogen) atoms. The van der Waals surface area contributed by atoms with Gasteiger partial charge in [0.25, 0.3) is 11.2 Å². The molecule has 0 saturated heterocycles. The molecule has 0 fully saturated rings. The van der Waals surface area contributed by atoms with Crippen LogP contribution in [0.5, 0.6) is 0 Å². The second kappa shape index (κ2) is 9.15. The Hall–Kier alpha value is -4.31. The van der Waals surface area contributed by atoms with Gasteiger partial charge >= 0.3 is 0 Å². The van der Waals surface area contributed by atoms with Gasteiger partial charge in [-0.1, -0.05) is 47.3 Å². The van der Waals surface area contributed by atoms with Crippen molar-refractivity contribution < 1.29 is 9.45 Å². The van der Waals surface area contributed by atoms with E-state index in [9.17, 15) is 14.9 Å². The third-order valence-electron chi connectivity index (χ3n) is 5.32. The van der Waals surface area contributed by atoms with Crippen molar-refractivity contribution in [1.29, 1.82) is 0 Å². The van der Waals surface area contributed by atoms with Crippen LogP contribution in [0.1, 0.15) is 17.0 Å². The summed E-state index contributed by atoms with van der Waals surface area (Å²) in [4.78, 5) is 33.2. The lowest BCUT2D eigenvalue weighted by atomic mass is 10.1. The van der Waals surface area contributed by atoms with E-state index in [-0.39, 0.29) is 22.8 Å². The lowest BCUT2D eigenvalue weighted by molar-refractivity contribution is -0.384. The second-order valence-corrected chi connectivity index (χ2v) is 8.95. The minimum atomic E-state index is -0.474. The number of nitro benzene ring substituents is 1. The summed E-state index contributed by atoms with van der Waals surface area (Å²) >= 11 is 1.30. The molecule has 0 aliphatic rings. The fraction of sp³-hybridized carbons (Fsp3) is 0.120. The molecule has 0 radical (unpaired) electrons. The van der Waals surface area contributed by atoms with E-state index in [2.05, 4.69) is 10.1 Å². The number of nitro groups is 1. The molecule has 0 bridgehead atoms. The third-order valence-corrected chi connectivity index (χ3v) is 6.24. The number of hydrogen-bond donors (Lipinski definition) is 0. The first kappa shape index (κ1) is 22.5. The number of rotatable bonds is 6. The van der Waals surface area contributed by atoms with Crippen LogP contribution < -0.4 is 5.56 Å². The second-order valence-electron chi connectivity index (χ2n) is 8.01. The van der Waals surface area contributed by atoms with E-state index in [1.54, 1.807) is 28.8 Å². The summed E-state index contributed by atoms with van der Waals surface area (Å²) in [5.74, 6) is 0.825. The minimum absolute atomic E-state index is 0.0546. The third kappa shape index (κ3) is 4.56. The van der Waals surface area contributed by atoms with Gasteiger partial charge in [0.2, 0.25) is 11.7 Å². The monoisotopic (exact) mass is 485 g/mol. The van der Waals surface area contributed by atoms with E-state index in [0.717, 1.165) is 16.8 Å². The fourth-order valence-electron chi connectivity index (χ4n) is 3.83. The molecule has 5 aromatic rings. The Bertz CT molecular complexity index is 1620. The van der Waals surface area contributed by atoms with Crippen molar-refractivity contribution in [3.05, 3.63) is 104 Å². The number of thioether (sulfide) groups is 1. The zero-order valence-electron chi connectivity index (χ0n) is 18.8. The van der Waals surface area contributed by atoms with Gasteiger partial charge < -0.3 is 4.52 Å². The molecule has 0 unspecified atom stereocenters. The maximum Gasteiger partial charge on any atom is 0.270 e. The van der Waals surface area contributed by atoms with Crippen molar-refractivity contribution in [2.24, 2.45) is 0 Å². The van der Waals surface area contributed by atoms with Crippen LogP contribution >= 0.6 is 11.8 Å². The van der Waals surface area contributed by atoms with Crippen LogP contribution in [0.4, 0.5) is 5.69 Å². The fourth-order valence-corrected chi connectivity index (χ4v) is 4.68. The molecule has 0 amide bonds. The highest BCUT2D eigenvalue weighted by Gasteiger charge is 2.17. The van der Waals surface area contributed by atoms with Crippen molar-refractivity contribution in [1.82, 2.24) is 19.7 Å². The number of para-hydroxylation sites is 1. The molecule has 2 heterocycles. The Morgan fingerprint density at radius 1 is 1.00 bits per heavy atom. The number of aryl methyl sites for hydroxylation is 2. The van der Waals surface area contributed by atoms with Gasteiger partial charge in [-0.3, -0.25) is 19.5 Å². The van der Waals surface area contributed by atoms with Gasteiger partial charge in [0.1, 0.15) is 0 Å². The SMILES string of the molecule is Cc1cc(C)cc(-n2c(SCc3nc(-c4cccc([N+](=O)[O-])c4)no3)nc3ccccc3c2=O)c1. The maximum atomic E-state index is 13.5. The van der Waals surface area contributed by atoms with E-state index in [0.29, 0.717) is 27.5 Å². The molecule has 0 N–H and O–H groups in total. The number of benzene rings is 3. The molecule has 0 aliphatic heterocycles. The highest BCUT2D eigenvalue weighted by atomic mass is 32.2. The minimum Gasteiger partial charge on any atom is -0.338 e. The van der Waals surface area contributed by atoms with Gasteiger partial charge in [0, 0.05) is 17.7 Å². The van der Waals surface area contributed by atoms with Crippen molar-refractivity contribution in [3.8, 4) is 17.1 Å². The van der Waals surface area contributed by atoms with Crippen LogP contribution in [0.25, 0.3) is 28.0 Å². The molecule has 3 aromatic carbocycles. The molecule has 0 atom stereocenters. The highest BCUT2D eigenvalue weighted by molar-refractivity contribution is 7.98. The van der Waals surface area contributed by atoms with Gasteiger partial charge in [-0.15, -0.1) is 0 Å². The van der Waals surface area contributed by atoms with E-state index in [4.69, 9.17) is 9.51 Å². The van der Waals surface area contributed by atoms with Crippen LogP contribution in [-0.2, 0) is 5.75 Å². The molecule has 0 saturated carbocycles. The predicted octanol–water partition coefficient (Wildman–Crippen LogP) is 5.25. The van der Waals surface area contributed by atoms with Crippen molar-refractivity contribution in [3.63, 3.8) is 0 Å². The van der Waals surface area contributed by atoms with Gasteiger partial charge in [-0.05, 0) is 49.2 Å². The first-order valence-electron chi connectivity index (χ1n) is 10.7. The van der Waals surface area contributed by atoms with Crippen molar-refractivity contribution in [2.75, 3.05) is 0 Å². The number of nitrogens with zero attached hydrogens (tertiary/aromatic N) is 5. The lowest BCUT2D eigenvalue weighted by Gasteiger charge is -2.14. The van der Waals surface area contributed by atoms with E-state index >= 15 is 0 Å². The Morgan fingerprint density at radius 2 is 1.77 bits per heavy atom. The number of hydrogen-bond acceptors (Lipinski definition) is 8. The van der Waals surface area contributed by atoms with Crippen LogP contribution in [0.2, 0.25) is 0 Å². The van der Waals surface area contributed by atoms with Crippen LogP contribution in [-0.4, -0.2) is 24.6 Å². The van der Waals surface area contributed by atoms with Crippen molar-refractivity contribution in [2.45, 2.75) is 24.8 Å². The Morgan fingerprint density at radius 3 is 2.54 bits per heavy atom. The smallest absolute Gasteiger partial charge is 0.270 e. The van der Waals surface area contributed by atoms with Crippen LogP contribution in [0.3, 0.4) is 0 Å². The highest BCUT2D eigenvalue weighted by Crippen LogP contribution is 2.27.